The van der Waals surface area contributed by atoms with Crippen molar-refractivity contribution in [3.8, 4) is 5.75 Å². The van der Waals surface area contributed by atoms with Crippen molar-refractivity contribution < 1.29 is 17.7 Å². The average Bonchev–Trinajstić information content (AvgIpc) is 3.42. The molecule has 5 nitrogen and oxygen atoms in total. The van der Waals surface area contributed by atoms with Crippen molar-refractivity contribution in [2.45, 2.75) is 17.6 Å². The van der Waals surface area contributed by atoms with Crippen molar-refractivity contribution in [3.63, 3.8) is 0 Å². The second-order valence-electron chi connectivity index (χ2n) is 7.50. The van der Waals surface area contributed by atoms with Crippen molar-refractivity contribution in [2.24, 2.45) is 0 Å². The Morgan fingerprint density at radius 1 is 1.03 bits per heavy atom. The summed E-state index contributed by atoms with van der Waals surface area (Å²) in [5, 5.41) is 4.20. The number of thioether (sulfide) groups is 1. The first-order valence-corrected chi connectivity index (χ1v) is 14.4. The lowest BCUT2D eigenvalue weighted by molar-refractivity contribution is 0.415. The summed E-state index contributed by atoms with van der Waals surface area (Å²) in [5.74, 6) is 0.210. The number of fused-ring (bicyclic) bond motifs is 4. The van der Waals surface area contributed by atoms with Gasteiger partial charge in [-0.05, 0) is 48.2 Å². The predicted molar refractivity (Wildman–Crippen MR) is 157 cm³/mol. The summed E-state index contributed by atoms with van der Waals surface area (Å²) in [5.41, 5.74) is 1.78. The molecular weight excluding hydrogens is 511 g/mol. The van der Waals surface area contributed by atoms with Crippen LogP contribution in [0.4, 0.5) is 5.69 Å². The van der Waals surface area contributed by atoms with Gasteiger partial charge in [-0.15, -0.1) is 37.7 Å². The van der Waals surface area contributed by atoms with Gasteiger partial charge < -0.3 is 9.64 Å². The highest BCUT2D eigenvalue weighted by Crippen LogP contribution is 2.50. The molecule has 1 aliphatic rings. The number of benzene rings is 3. The van der Waals surface area contributed by atoms with Crippen LogP contribution in [0.25, 0.3) is 26.9 Å². The smallest absolute Gasteiger partial charge is 0.269 e. The second kappa shape index (κ2) is 11.8. The number of rotatable bonds is 5. The molecule has 0 saturated heterocycles. The Balaban J connectivity index is 0.000000861. The fourth-order valence-electron chi connectivity index (χ4n) is 4.13. The fraction of sp³-hybridized carbons (Fsp3) is 0.143. The first kappa shape index (κ1) is 27.5. The van der Waals surface area contributed by atoms with E-state index in [1.807, 2.05) is 36.4 Å². The molecule has 0 bridgehead atoms. The topological polar surface area (TPSA) is 66.8 Å². The van der Waals surface area contributed by atoms with Gasteiger partial charge in [-0.3, -0.25) is 4.55 Å². The highest BCUT2D eigenvalue weighted by molar-refractivity contribution is 8.04. The largest absolute Gasteiger partial charge is 0.497 e. The van der Waals surface area contributed by atoms with Crippen LogP contribution in [0.5, 0.6) is 5.75 Å². The summed E-state index contributed by atoms with van der Waals surface area (Å²) in [6.45, 7) is 14.9. The van der Waals surface area contributed by atoms with E-state index in [0.717, 1.165) is 26.5 Å². The van der Waals surface area contributed by atoms with E-state index in [1.54, 1.807) is 18.9 Å². The molecule has 1 aromatic heterocycles. The van der Waals surface area contributed by atoms with Crippen LogP contribution >= 0.6 is 23.1 Å². The number of methoxy groups -OCH3 is 1. The van der Waals surface area contributed by atoms with Crippen LogP contribution in [0, 0.1) is 0 Å². The van der Waals surface area contributed by atoms with Crippen molar-refractivity contribution in [3.05, 3.63) is 96.4 Å². The van der Waals surface area contributed by atoms with Crippen LogP contribution in [0.1, 0.15) is 17.4 Å². The lowest BCUT2D eigenvalue weighted by atomic mass is 10.1. The third-order valence-corrected chi connectivity index (χ3v) is 8.45. The van der Waals surface area contributed by atoms with E-state index in [0.29, 0.717) is 11.3 Å². The Morgan fingerprint density at radius 3 is 2.42 bits per heavy atom. The maximum absolute atomic E-state index is 11.8. The monoisotopic (exact) mass is 539 g/mol. The zero-order valence-electron chi connectivity index (χ0n) is 20.4. The first-order valence-electron chi connectivity index (χ1n) is 11.1. The average molecular weight is 540 g/mol. The standard InChI is InChI=1S/C24H21NO4S3.2C2H4/c1-3-25-23(31-21-10-8-15-6-4-5-7-17(15)24(21)25)13-22-19(14-32(26,27)28)18-12-16(29-2)9-11-20(18)30-22;2*1-2/h4-13H,3,14H2,1-2H3,(H,26,27,28);2*1-2H2. The zero-order chi connectivity index (χ0) is 26.5. The molecule has 0 spiro atoms. The number of anilines is 1. The Hall–Kier alpha value is -3.04. The number of thiophene rings is 1. The summed E-state index contributed by atoms with van der Waals surface area (Å²) in [7, 11) is -2.62. The second-order valence-corrected chi connectivity index (χ2v) is 11.1. The van der Waals surface area contributed by atoms with Gasteiger partial charge in [-0.1, -0.05) is 42.1 Å². The Morgan fingerprint density at radius 2 is 1.75 bits per heavy atom. The van der Waals surface area contributed by atoms with Crippen LogP contribution in [0.3, 0.4) is 0 Å². The van der Waals surface area contributed by atoms with Gasteiger partial charge >= 0.3 is 0 Å². The molecule has 0 amide bonds. The lowest BCUT2D eigenvalue weighted by Gasteiger charge is -2.19. The maximum atomic E-state index is 11.8. The number of hydrogen-bond donors (Lipinski definition) is 1. The van der Waals surface area contributed by atoms with E-state index < -0.39 is 15.9 Å². The van der Waals surface area contributed by atoms with Crippen molar-refractivity contribution in [1.29, 1.82) is 0 Å². The third-order valence-electron chi connectivity index (χ3n) is 5.54. The van der Waals surface area contributed by atoms with Gasteiger partial charge in [0.25, 0.3) is 10.1 Å². The molecule has 3 aromatic carbocycles. The van der Waals surface area contributed by atoms with E-state index in [4.69, 9.17) is 4.74 Å². The summed E-state index contributed by atoms with van der Waals surface area (Å²) in [6.07, 6.45) is 2.04. The Labute approximate surface area is 221 Å². The molecule has 5 rings (SSSR count). The lowest BCUT2D eigenvalue weighted by Crippen LogP contribution is -2.16. The molecule has 0 aliphatic carbocycles. The van der Waals surface area contributed by atoms with Crippen LogP contribution in [-0.2, 0) is 15.9 Å². The predicted octanol–water partition coefficient (Wildman–Crippen LogP) is 7.99. The van der Waals surface area contributed by atoms with Crippen LogP contribution in [0.15, 0.2) is 90.8 Å². The highest BCUT2D eigenvalue weighted by atomic mass is 32.2. The quantitative estimate of drug-likeness (QED) is 0.205. The van der Waals surface area contributed by atoms with E-state index >= 15 is 0 Å². The molecular formula is C28H29NO4S3. The summed E-state index contributed by atoms with van der Waals surface area (Å²) < 4.78 is 39.6. The van der Waals surface area contributed by atoms with Crippen molar-refractivity contribution in [1.82, 2.24) is 0 Å². The van der Waals surface area contributed by atoms with E-state index in [-0.39, 0.29) is 0 Å². The van der Waals surface area contributed by atoms with Gasteiger partial charge in [0.2, 0.25) is 0 Å². The normalized spacial score (nSPS) is 13.6. The number of hydrogen-bond acceptors (Lipinski definition) is 6. The fourth-order valence-corrected chi connectivity index (χ4v) is 7.30. The van der Waals surface area contributed by atoms with Crippen molar-refractivity contribution in [2.75, 3.05) is 18.6 Å². The molecule has 188 valence electrons. The van der Waals surface area contributed by atoms with Crippen LogP contribution in [0.2, 0.25) is 0 Å². The third kappa shape index (κ3) is 5.52. The molecule has 0 fully saturated rings. The van der Waals surface area contributed by atoms with Gasteiger partial charge in [-0.25, -0.2) is 0 Å². The van der Waals surface area contributed by atoms with Gasteiger partial charge in [0.15, 0.2) is 0 Å². The molecule has 0 atom stereocenters. The molecule has 2 heterocycles. The van der Waals surface area contributed by atoms with Gasteiger partial charge in [0.1, 0.15) is 11.5 Å². The maximum Gasteiger partial charge on any atom is 0.269 e. The van der Waals surface area contributed by atoms with E-state index in [2.05, 4.69) is 62.4 Å². The Bertz CT molecular complexity index is 1520. The van der Waals surface area contributed by atoms with Crippen molar-refractivity contribution >= 4 is 65.8 Å². The molecule has 1 N–H and O–H groups in total. The first-order chi connectivity index (χ1) is 17.4. The molecule has 0 saturated carbocycles. The van der Waals surface area contributed by atoms with E-state index in [1.165, 1.54) is 32.7 Å². The minimum atomic E-state index is -4.20. The van der Waals surface area contributed by atoms with Crippen LogP contribution < -0.4 is 9.64 Å². The van der Waals surface area contributed by atoms with Crippen LogP contribution in [-0.4, -0.2) is 26.6 Å². The SMILES string of the molecule is C=C.C=C.CCN1C(=Cc2sc3ccc(OC)cc3c2CS(=O)(=O)O)Sc2ccc3ccccc3c21. The molecule has 1 aliphatic heterocycles. The van der Waals surface area contributed by atoms with Gasteiger partial charge in [0, 0.05) is 31.8 Å². The summed E-state index contributed by atoms with van der Waals surface area (Å²) in [4.78, 5) is 4.27. The minimum Gasteiger partial charge on any atom is -0.497 e. The van der Waals surface area contributed by atoms with Gasteiger partial charge in [0.05, 0.1) is 17.8 Å². The molecule has 8 heteroatoms. The summed E-state index contributed by atoms with van der Waals surface area (Å²) in [6, 6.07) is 18.2. The Kier molecular flexibility index (Phi) is 9.03. The molecule has 0 radical (unpaired) electrons. The minimum absolute atomic E-state index is 0.439. The zero-order valence-corrected chi connectivity index (χ0v) is 22.8. The summed E-state index contributed by atoms with van der Waals surface area (Å²) >= 11 is 3.20. The molecule has 0 unspecified atom stereocenters. The number of ether oxygens (including phenoxy) is 1. The molecule has 4 aromatic rings. The highest BCUT2D eigenvalue weighted by Gasteiger charge is 2.27. The van der Waals surface area contributed by atoms with E-state index in [9.17, 15) is 13.0 Å². The molecule has 36 heavy (non-hydrogen) atoms. The van der Waals surface area contributed by atoms with Gasteiger partial charge in [-0.2, -0.15) is 8.42 Å². The number of nitrogens with zero attached hydrogens (tertiary/aromatic N) is 1.